The lowest BCUT2D eigenvalue weighted by molar-refractivity contribution is -0.138. The molecule has 2 fully saturated rings. The van der Waals surface area contributed by atoms with Gasteiger partial charge >= 0.3 is 18.3 Å². The number of aromatic nitrogens is 2. The zero-order valence-electron chi connectivity index (χ0n) is 35.6. The highest BCUT2D eigenvalue weighted by Crippen LogP contribution is 2.41. The number of carboxylic acids is 1. The molecule has 0 spiro atoms. The molecule has 2 aliphatic heterocycles. The number of piperidine rings is 2. The number of hydrogen-bond acceptors (Lipinski definition) is 13. The largest absolute Gasteiger partial charge is 0.494 e. The number of benzene rings is 3. The van der Waals surface area contributed by atoms with Crippen molar-refractivity contribution in [2.75, 3.05) is 62.4 Å². The third kappa shape index (κ3) is 13.3. The molecule has 2 aromatic heterocycles. The van der Waals surface area contributed by atoms with E-state index < -0.39 is 29.4 Å². The summed E-state index contributed by atoms with van der Waals surface area (Å²) in [6, 6.07) is 12.2. The van der Waals surface area contributed by atoms with E-state index in [4.69, 9.17) is 31.1 Å². The lowest BCUT2D eigenvalue weighted by Gasteiger charge is -2.39. The summed E-state index contributed by atoms with van der Waals surface area (Å²) in [5.41, 5.74) is -0.190. The molecule has 0 atom stereocenters. The van der Waals surface area contributed by atoms with Gasteiger partial charge < -0.3 is 34.4 Å². The summed E-state index contributed by atoms with van der Waals surface area (Å²) in [6.45, 7) is 7.74. The number of aliphatic carboxylic acids is 1. The summed E-state index contributed by atoms with van der Waals surface area (Å²) in [5, 5.41) is 28.4. The van der Waals surface area contributed by atoms with Crippen molar-refractivity contribution in [1.82, 2.24) is 9.97 Å². The number of fused-ring (bicyclic) bond motifs is 2. The van der Waals surface area contributed by atoms with Gasteiger partial charge in [0.05, 0.1) is 57.0 Å². The molecule has 0 radical (unpaired) electrons. The predicted octanol–water partition coefficient (Wildman–Crippen LogP) is 11.0. The molecule has 0 aliphatic carbocycles. The number of anilines is 2. The molecule has 21 heteroatoms. The third-order valence-corrected chi connectivity index (χ3v) is 13.7. The van der Waals surface area contributed by atoms with E-state index in [0.29, 0.717) is 101 Å². The first kappa shape index (κ1) is 49.5. The van der Waals surface area contributed by atoms with Gasteiger partial charge in [0.15, 0.2) is 10.3 Å². The molecule has 3 aromatic carbocycles. The number of oxime groups is 2. The fraction of sp³-hybridized carbons (Fsp3) is 0.477. The molecule has 12 nitrogen and oxygen atoms in total. The molecular formula is C44H49ClF6N6O6S2. The minimum atomic E-state index is -4.39. The highest BCUT2D eigenvalue weighted by atomic mass is 35.5. The second-order valence-corrected chi connectivity index (χ2v) is 18.2. The Morgan fingerprint density at radius 3 is 1.68 bits per heavy atom. The summed E-state index contributed by atoms with van der Waals surface area (Å²) in [5.74, 6) is -0.458. The molecule has 4 heterocycles. The second-order valence-electron chi connectivity index (χ2n) is 15.8. The van der Waals surface area contributed by atoms with Crippen LogP contribution in [0.15, 0.2) is 64.9 Å². The van der Waals surface area contributed by atoms with Gasteiger partial charge in [-0.1, -0.05) is 44.6 Å². The van der Waals surface area contributed by atoms with E-state index in [1.54, 1.807) is 24.4 Å². The van der Waals surface area contributed by atoms with Crippen LogP contribution in [0.3, 0.4) is 0 Å². The number of ether oxygens (including phenoxy) is 1. The topological polar surface area (TPSA) is 142 Å². The van der Waals surface area contributed by atoms with Crippen LogP contribution >= 0.6 is 34.3 Å². The van der Waals surface area contributed by atoms with Crippen LogP contribution in [-0.4, -0.2) is 91.2 Å². The fourth-order valence-electron chi connectivity index (χ4n) is 7.64. The van der Waals surface area contributed by atoms with Crippen molar-refractivity contribution < 1.29 is 55.8 Å². The Morgan fingerprint density at radius 1 is 0.769 bits per heavy atom. The maximum atomic E-state index is 13.1. The number of rotatable bonds is 16. The van der Waals surface area contributed by atoms with Gasteiger partial charge in [0.2, 0.25) is 0 Å². The Hall–Kier alpha value is -4.92. The SMILES string of the molecule is CCO/N=C/C1(CCO)CCN(c2nc3ccc(C(F)(F)F)cc3s2)CC1.CCO/N=C/C1(CCOc2cc(Cl)cc(CC(=O)O)c2)CCN(c2nc3ccc(C(F)(F)F)cc3s2)CC1. The van der Waals surface area contributed by atoms with Gasteiger partial charge in [-0.25, -0.2) is 9.97 Å². The maximum absolute atomic E-state index is 13.1. The Bertz CT molecular complexity index is 2430. The van der Waals surface area contributed by atoms with Gasteiger partial charge in [-0.3, -0.25) is 4.79 Å². The number of carbonyl (C=O) groups is 1. The molecule has 5 aromatic rings. The maximum Gasteiger partial charge on any atom is 0.416 e. The number of halogens is 7. The summed E-state index contributed by atoms with van der Waals surface area (Å²) in [4.78, 5) is 34.6. The van der Waals surface area contributed by atoms with Gasteiger partial charge in [0, 0.05) is 48.6 Å². The number of carboxylic acid groups (broad SMARTS) is 1. The predicted molar refractivity (Wildman–Crippen MR) is 242 cm³/mol. The van der Waals surface area contributed by atoms with Crippen LogP contribution in [0, 0.1) is 10.8 Å². The summed E-state index contributed by atoms with van der Waals surface area (Å²) in [7, 11) is 0. The zero-order valence-corrected chi connectivity index (χ0v) is 38.0. The van der Waals surface area contributed by atoms with Crippen LogP contribution in [0.5, 0.6) is 5.75 Å². The lowest BCUT2D eigenvalue weighted by atomic mass is 9.77. The highest BCUT2D eigenvalue weighted by molar-refractivity contribution is 7.22. The smallest absolute Gasteiger partial charge is 0.416 e. The molecule has 0 unspecified atom stereocenters. The van der Waals surface area contributed by atoms with Gasteiger partial charge in [0.1, 0.15) is 19.0 Å². The van der Waals surface area contributed by atoms with Crippen molar-refractivity contribution in [3.05, 3.63) is 76.3 Å². The van der Waals surface area contributed by atoms with E-state index in [9.17, 15) is 36.2 Å². The van der Waals surface area contributed by atoms with E-state index in [1.165, 1.54) is 34.8 Å². The molecule has 2 aliphatic rings. The van der Waals surface area contributed by atoms with Crippen molar-refractivity contribution in [1.29, 1.82) is 0 Å². The monoisotopic (exact) mass is 970 g/mol. The Morgan fingerprint density at radius 2 is 1.25 bits per heavy atom. The van der Waals surface area contributed by atoms with E-state index in [1.807, 2.05) is 20.1 Å². The minimum Gasteiger partial charge on any atom is -0.494 e. The fourth-order valence-corrected chi connectivity index (χ4v) is 10.0. The number of hydrogen-bond donors (Lipinski definition) is 2. The molecule has 65 heavy (non-hydrogen) atoms. The molecule has 2 saturated heterocycles. The Balaban J connectivity index is 0.000000228. The molecule has 2 N–H and O–H groups in total. The summed E-state index contributed by atoms with van der Waals surface area (Å²) >= 11 is 8.66. The number of aliphatic hydroxyl groups excluding tert-OH is 1. The van der Waals surface area contributed by atoms with E-state index >= 15 is 0 Å². The number of nitrogens with zero attached hydrogens (tertiary/aromatic N) is 6. The van der Waals surface area contributed by atoms with E-state index in [2.05, 4.69) is 30.1 Å². The first-order valence-corrected chi connectivity index (χ1v) is 23.0. The first-order valence-electron chi connectivity index (χ1n) is 21.0. The van der Waals surface area contributed by atoms with Crippen LogP contribution in [0.2, 0.25) is 5.02 Å². The van der Waals surface area contributed by atoms with Crippen LogP contribution < -0.4 is 14.5 Å². The second kappa shape index (κ2) is 21.6. The van der Waals surface area contributed by atoms with E-state index in [0.717, 1.165) is 55.1 Å². The molecule has 352 valence electrons. The summed E-state index contributed by atoms with van der Waals surface area (Å²) < 4.78 is 85.0. The van der Waals surface area contributed by atoms with Gasteiger partial charge in [-0.05, 0) is 113 Å². The molecular weight excluding hydrogens is 922 g/mol. The molecule has 0 amide bonds. The molecule has 7 rings (SSSR count). The lowest BCUT2D eigenvalue weighted by Crippen LogP contribution is -2.42. The Kier molecular flexibility index (Phi) is 16.4. The minimum absolute atomic E-state index is 0.0690. The van der Waals surface area contributed by atoms with Crippen LogP contribution in [0.1, 0.15) is 69.1 Å². The quantitative estimate of drug-likeness (QED) is 0.0557. The Labute approximate surface area is 384 Å². The van der Waals surface area contributed by atoms with Crippen LogP contribution in [0.4, 0.5) is 36.6 Å². The normalized spacial score (nSPS) is 16.6. The standard InChI is InChI=1S/C26H27ClF3N3O4S.C18H22F3N3O2S/c1-2-37-31-16-25(7-10-36-20-12-17(13-23(34)35)11-19(27)15-20)5-8-33(9-6-25)24-32-21-4-3-18(26(28,29)30)14-22(21)38-24;1-2-26-22-12-17(7-10-25)5-8-24(9-6-17)16-23-14-4-3-13(18(19,20)21)11-15(14)27-16/h3-4,11-12,14-16H,2,5-10,13H2,1H3,(H,34,35);3-4,11-12,25H,2,5-10H2,1H3/b31-16+;22-12+. The average Bonchev–Trinajstić information content (AvgIpc) is 3.88. The average molecular weight is 971 g/mol. The number of alkyl halides is 6. The highest BCUT2D eigenvalue weighted by Gasteiger charge is 2.37. The van der Waals surface area contributed by atoms with Crippen LogP contribution in [0.25, 0.3) is 20.4 Å². The number of aliphatic hydroxyl groups is 1. The van der Waals surface area contributed by atoms with Crippen molar-refractivity contribution in [3.63, 3.8) is 0 Å². The molecule has 0 bridgehead atoms. The van der Waals surface area contributed by atoms with Crippen molar-refractivity contribution in [2.45, 2.75) is 71.1 Å². The van der Waals surface area contributed by atoms with Gasteiger partial charge in [-0.2, -0.15) is 26.3 Å². The third-order valence-electron chi connectivity index (χ3n) is 11.3. The molecule has 0 saturated carbocycles. The summed E-state index contributed by atoms with van der Waals surface area (Å²) in [6.07, 6.45) is -1.08. The van der Waals surface area contributed by atoms with Crippen LogP contribution in [-0.2, 0) is 33.2 Å². The van der Waals surface area contributed by atoms with Crippen molar-refractivity contribution >= 4 is 83.4 Å². The van der Waals surface area contributed by atoms with Gasteiger partial charge in [-0.15, -0.1) is 0 Å². The van der Waals surface area contributed by atoms with Crippen molar-refractivity contribution in [3.8, 4) is 5.75 Å². The van der Waals surface area contributed by atoms with Crippen molar-refractivity contribution in [2.24, 2.45) is 21.1 Å². The zero-order chi connectivity index (χ0) is 46.8. The first-order chi connectivity index (χ1) is 30.9. The van der Waals surface area contributed by atoms with Gasteiger partial charge in [0.25, 0.3) is 0 Å². The number of thiazole rings is 2. The van der Waals surface area contributed by atoms with E-state index in [-0.39, 0.29) is 23.9 Å².